The molecule has 21 heteroatoms. The Morgan fingerprint density at radius 1 is 0.727 bits per heavy atom. The Morgan fingerprint density at radius 3 is 2.00 bits per heavy atom. The smallest absolute Gasteiger partial charge is 0.871 e. The van der Waals surface area contributed by atoms with Crippen molar-refractivity contribution < 1.29 is 79.8 Å². The molecule has 8 rings (SSSR count). The number of carboxylic acid groups (broad SMARTS) is 1. The van der Waals surface area contributed by atoms with Gasteiger partial charge in [0, 0.05) is 23.1 Å². The predicted molar refractivity (Wildman–Crippen MR) is 233 cm³/mol. The second-order valence-corrected chi connectivity index (χ2v) is 15.2. The van der Waals surface area contributed by atoms with Gasteiger partial charge in [0.25, 0.3) is 21.3 Å². The van der Waals surface area contributed by atoms with Crippen LogP contribution >= 0.6 is 0 Å². The number of carbonyl (C=O) groups is 1. The van der Waals surface area contributed by atoms with Crippen LogP contribution in [0, 0.1) is 17.0 Å². The normalized spacial score (nSPS) is 11.0. The van der Waals surface area contributed by atoms with Crippen LogP contribution < -0.4 is 55.2 Å². The van der Waals surface area contributed by atoms with Gasteiger partial charge in [0.2, 0.25) is 0 Å². The first-order valence-electron chi connectivity index (χ1n) is 18.9. The van der Waals surface area contributed by atoms with Gasteiger partial charge in [-0.25, -0.2) is 13.1 Å². The molecule has 0 bridgehead atoms. The van der Waals surface area contributed by atoms with Crippen LogP contribution in [0.5, 0.6) is 11.5 Å². The van der Waals surface area contributed by atoms with Crippen LogP contribution in [-0.2, 0) is 26.8 Å². The number of anilines is 1. The van der Waals surface area contributed by atoms with Gasteiger partial charge in [-0.3, -0.25) is 24.7 Å². The Morgan fingerprint density at radius 2 is 1.32 bits per heavy atom. The number of fused-ring (bicyclic) bond motifs is 1. The molecular formula is C45H31CoN9NaO9S. The van der Waals surface area contributed by atoms with E-state index in [2.05, 4.69) is 35.6 Å². The maximum absolute atomic E-state index is 13.0. The summed E-state index contributed by atoms with van der Waals surface area (Å²) in [6.45, 7) is 1.64. The number of aryl methyl sites for hydroxylation is 1. The van der Waals surface area contributed by atoms with Gasteiger partial charge in [-0.05, 0) is 42.6 Å². The largest absolute Gasteiger partial charge is 3.00 e. The van der Waals surface area contributed by atoms with Crippen LogP contribution in [-0.4, -0.2) is 29.1 Å². The molecule has 0 saturated heterocycles. The number of H-pyrrole nitrogens is 1. The molecule has 66 heavy (non-hydrogen) atoms. The fraction of sp³-hybridized carbons (Fsp3) is 0.0222. The SMILES string of the molecule is Cc1[nH]n(-c2ccccc2)c(=O)c1N=Nc1cc([N+](=O)[O-])ccc1[O-].O=C([O-])c1ccccc1NS(=O)(=O)c1ccc([O-])c(N=Nc2c([N-]c3ccccc3)ccc3ccccc23)c1.[Co+3].[Na+]. The zero-order valence-electron chi connectivity index (χ0n) is 34.6. The number of rotatable bonds is 12. The Hall–Kier alpha value is -7.46. The molecule has 0 unspecified atom stereocenters. The third-order valence-corrected chi connectivity index (χ3v) is 10.6. The van der Waals surface area contributed by atoms with Crippen LogP contribution in [0.15, 0.2) is 188 Å². The molecule has 1 aromatic heterocycles. The molecule has 0 atom stereocenters. The van der Waals surface area contributed by atoms with Crippen molar-refractivity contribution in [3.63, 3.8) is 0 Å². The molecule has 18 nitrogen and oxygen atoms in total. The van der Waals surface area contributed by atoms with E-state index in [-0.39, 0.29) is 85.2 Å². The van der Waals surface area contributed by atoms with Crippen molar-refractivity contribution in [1.29, 1.82) is 0 Å². The van der Waals surface area contributed by atoms with Crippen LogP contribution in [0.3, 0.4) is 0 Å². The first-order chi connectivity index (χ1) is 30.8. The van der Waals surface area contributed by atoms with Crippen molar-refractivity contribution in [3.8, 4) is 17.2 Å². The number of carbonyl (C=O) groups excluding carboxylic acids is 1. The number of aromatic amines is 1. The van der Waals surface area contributed by atoms with Crippen molar-refractivity contribution in [2.24, 2.45) is 20.5 Å². The first kappa shape index (κ1) is 49.6. The zero-order valence-corrected chi connectivity index (χ0v) is 38.4. The van der Waals surface area contributed by atoms with E-state index in [0.29, 0.717) is 28.4 Å². The molecule has 0 saturated carbocycles. The van der Waals surface area contributed by atoms with E-state index in [9.17, 15) is 43.4 Å². The fourth-order valence-corrected chi connectivity index (χ4v) is 7.20. The zero-order chi connectivity index (χ0) is 45.4. The Labute approximate surface area is 408 Å². The minimum atomic E-state index is -4.28. The summed E-state index contributed by atoms with van der Waals surface area (Å²) < 4.78 is 29.6. The Balaban J connectivity index is 0.000000263. The number of aromatic nitrogens is 2. The average molecular weight is 956 g/mol. The van der Waals surface area contributed by atoms with Crippen LogP contribution in [0.25, 0.3) is 21.8 Å². The van der Waals surface area contributed by atoms with E-state index in [4.69, 9.17) is 0 Å². The number of benzene rings is 7. The first-order valence-corrected chi connectivity index (χ1v) is 20.4. The summed E-state index contributed by atoms with van der Waals surface area (Å²) in [5.74, 6) is -2.61. The second-order valence-electron chi connectivity index (χ2n) is 13.5. The molecular weight excluding hydrogens is 925 g/mol. The van der Waals surface area contributed by atoms with Gasteiger partial charge in [0.15, 0.2) is 5.69 Å². The summed E-state index contributed by atoms with van der Waals surface area (Å²) in [4.78, 5) is 33.7. The molecule has 0 aliphatic heterocycles. The number of para-hydroxylation sites is 3. The van der Waals surface area contributed by atoms with E-state index in [1.54, 1.807) is 37.3 Å². The van der Waals surface area contributed by atoms with Crippen molar-refractivity contribution in [2.45, 2.75) is 11.8 Å². The number of aromatic carboxylic acids is 1. The Bertz CT molecular complexity index is 3280. The van der Waals surface area contributed by atoms with Crippen molar-refractivity contribution in [2.75, 3.05) is 4.72 Å². The van der Waals surface area contributed by atoms with Gasteiger partial charge in [0.05, 0.1) is 49.9 Å². The number of nitrogens with one attached hydrogen (secondary N) is 2. The maximum atomic E-state index is 13.0. The maximum Gasteiger partial charge on any atom is 3.00 e. The molecule has 1 heterocycles. The number of hydrogen-bond acceptors (Lipinski definition) is 13. The van der Waals surface area contributed by atoms with Crippen molar-refractivity contribution in [3.05, 3.63) is 195 Å². The third-order valence-electron chi connectivity index (χ3n) is 9.24. The quantitative estimate of drug-likeness (QED) is 0.0656. The van der Waals surface area contributed by atoms with E-state index in [0.717, 1.165) is 47.2 Å². The van der Waals surface area contributed by atoms with Gasteiger partial charge in [-0.15, -0.1) is 16.5 Å². The number of nitro benzene ring substituents is 1. The summed E-state index contributed by atoms with van der Waals surface area (Å²) in [6.07, 6.45) is 0. The third kappa shape index (κ3) is 11.6. The summed E-state index contributed by atoms with van der Waals surface area (Å²) in [7, 11) is -4.28. The molecule has 0 aliphatic rings. The summed E-state index contributed by atoms with van der Waals surface area (Å²) in [5, 5.41) is 71.6. The molecule has 0 amide bonds. The number of sulfonamides is 1. The van der Waals surface area contributed by atoms with Gasteiger partial charge >= 0.3 is 46.3 Å². The Kier molecular flexibility index (Phi) is 16.5. The number of azo groups is 2. The number of carboxylic acids is 1. The van der Waals surface area contributed by atoms with Crippen LogP contribution in [0.2, 0.25) is 0 Å². The molecule has 326 valence electrons. The molecule has 2 N–H and O–H groups in total. The van der Waals surface area contributed by atoms with E-state index < -0.39 is 38.0 Å². The molecule has 0 fully saturated rings. The van der Waals surface area contributed by atoms with Gasteiger partial charge in [0.1, 0.15) is 0 Å². The van der Waals surface area contributed by atoms with E-state index >= 15 is 0 Å². The van der Waals surface area contributed by atoms with Crippen molar-refractivity contribution in [1.82, 2.24) is 9.78 Å². The molecule has 0 spiro atoms. The van der Waals surface area contributed by atoms with Crippen LogP contribution in [0.1, 0.15) is 16.1 Å². The number of nitrogens with zero attached hydrogens (tertiary/aromatic N) is 7. The summed E-state index contributed by atoms with van der Waals surface area (Å²) >= 11 is 0. The van der Waals surface area contributed by atoms with E-state index in [1.807, 2.05) is 66.7 Å². The van der Waals surface area contributed by atoms with E-state index in [1.165, 1.54) is 28.9 Å². The second kappa shape index (κ2) is 21.9. The predicted octanol–water partition coefficient (Wildman–Crippen LogP) is 5.70. The number of non-ortho nitro benzene ring substituents is 1. The standard InChI is InChI=1S/C29H22N4O5S.C16H13N5O4.Co.Na/c34-27-17-15-21(39(37,38)33-24-13-7-6-12-23(24)29(35)36)18-26(27)31-32-28-22-11-5-4-8-19(22)14-16-25(28)30-20-9-2-1-3-10-20;1-10-15(16(23)20(19-10)11-5-3-2-4-6-11)18-17-13-9-12(21(24)25)7-8-14(13)22;;/h1-18,33H,(H3,30,31,32,34,35,36);2-9,19,22H,1H3;;/q;;+3;+1/p-4. The van der Waals surface area contributed by atoms with Crippen molar-refractivity contribution >= 4 is 72.3 Å². The average Bonchev–Trinajstić information content (AvgIpc) is 3.58. The number of nitro groups is 1. The minimum absolute atomic E-state index is 0. The van der Waals surface area contributed by atoms with Gasteiger partial charge in [-0.1, -0.05) is 127 Å². The molecule has 8 aromatic rings. The minimum Gasteiger partial charge on any atom is -0.871 e. The summed E-state index contributed by atoms with van der Waals surface area (Å²) in [5.41, 5.74) is 1.08. The summed E-state index contributed by atoms with van der Waals surface area (Å²) in [6, 6.07) is 41.2. The molecule has 0 aliphatic carbocycles. The molecule has 0 radical (unpaired) electrons. The topological polar surface area (TPSA) is 277 Å². The number of hydrogen-bond donors (Lipinski definition) is 2. The monoisotopic (exact) mass is 955 g/mol. The van der Waals surface area contributed by atoms with Crippen LogP contribution in [0.4, 0.5) is 45.5 Å². The van der Waals surface area contributed by atoms with Gasteiger partial charge in [-0.2, -0.15) is 15.3 Å². The van der Waals surface area contributed by atoms with Gasteiger partial charge < -0.3 is 25.4 Å². The fourth-order valence-electron chi connectivity index (χ4n) is 6.10. The molecule has 7 aromatic carbocycles.